The molecule has 2 heterocycles. The fraction of sp³-hybridized carbons (Fsp3) is 0.240. The summed E-state index contributed by atoms with van der Waals surface area (Å²) in [6.45, 7) is 1.00. The lowest BCUT2D eigenvalue weighted by molar-refractivity contribution is -0.127. The summed E-state index contributed by atoms with van der Waals surface area (Å²) in [5, 5.41) is 2.83. The van der Waals surface area contributed by atoms with Crippen molar-refractivity contribution in [2.45, 2.75) is 19.4 Å². The summed E-state index contributed by atoms with van der Waals surface area (Å²) < 4.78 is 11.1. The van der Waals surface area contributed by atoms with Gasteiger partial charge >= 0.3 is 11.9 Å². The summed E-state index contributed by atoms with van der Waals surface area (Å²) >= 11 is 0. The minimum Gasteiger partial charge on any atom is -0.486 e. The van der Waals surface area contributed by atoms with Crippen molar-refractivity contribution in [3.8, 4) is 5.75 Å². The van der Waals surface area contributed by atoms with E-state index in [1.165, 1.54) is 6.07 Å². The molecule has 2 aromatic carbocycles. The number of furan rings is 1. The van der Waals surface area contributed by atoms with E-state index in [4.69, 9.17) is 9.15 Å². The first-order chi connectivity index (χ1) is 16.6. The quantitative estimate of drug-likeness (QED) is 0.485. The molecule has 0 bridgehead atoms. The number of ether oxygens (including phenoxy) is 1. The van der Waals surface area contributed by atoms with E-state index in [9.17, 15) is 14.4 Å². The number of nitrogens with one attached hydrogen (secondary N) is 3. The highest BCUT2D eigenvalue weighted by Gasteiger charge is 2.29. The summed E-state index contributed by atoms with van der Waals surface area (Å²) in [5.41, 5.74) is 5.51. The van der Waals surface area contributed by atoms with Crippen LogP contribution in [0.3, 0.4) is 0 Å². The van der Waals surface area contributed by atoms with Crippen molar-refractivity contribution >= 4 is 23.5 Å². The number of hydrogen-bond acceptors (Lipinski definition) is 5. The molecule has 9 nitrogen and oxygen atoms in total. The molecule has 34 heavy (non-hydrogen) atoms. The van der Waals surface area contributed by atoms with Crippen LogP contribution in [0.1, 0.15) is 29.2 Å². The fourth-order valence-electron chi connectivity index (χ4n) is 3.63. The first-order valence-electron chi connectivity index (χ1n) is 11.1. The number of anilines is 1. The monoisotopic (exact) mass is 462 g/mol. The Morgan fingerprint density at radius 1 is 0.941 bits per heavy atom. The van der Waals surface area contributed by atoms with Crippen LogP contribution in [0.5, 0.6) is 5.75 Å². The van der Waals surface area contributed by atoms with Crippen LogP contribution in [0, 0.1) is 5.92 Å². The SMILES string of the molecule is O=C(NNC(=O)C1CCCN(C(=O)Nc2ccccc2)C1)c1ccc(COc2ccccc2)o1. The lowest BCUT2D eigenvalue weighted by Gasteiger charge is -2.32. The summed E-state index contributed by atoms with van der Waals surface area (Å²) in [4.78, 5) is 39.1. The highest BCUT2D eigenvalue weighted by Crippen LogP contribution is 2.18. The standard InChI is InChI=1S/C25H26N4O5/c30-23(18-8-7-15-29(16-18)25(32)26-19-9-3-1-4-10-19)27-28-24(31)22-14-13-21(34-22)17-33-20-11-5-2-6-12-20/h1-6,9-14,18H,7-8,15-17H2,(H,26,32)(H,27,30)(H,28,31). The van der Waals surface area contributed by atoms with E-state index in [0.717, 1.165) is 0 Å². The largest absolute Gasteiger partial charge is 0.486 e. The molecule has 0 radical (unpaired) electrons. The molecule has 3 aromatic rings. The summed E-state index contributed by atoms with van der Waals surface area (Å²) in [7, 11) is 0. The van der Waals surface area contributed by atoms with E-state index in [2.05, 4.69) is 16.2 Å². The third kappa shape index (κ3) is 6.16. The predicted octanol–water partition coefficient (Wildman–Crippen LogP) is 3.56. The number of nitrogens with zero attached hydrogens (tertiary/aromatic N) is 1. The number of carbonyl (C=O) groups excluding carboxylic acids is 3. The maximum atomic E-state index is 12.6. The Balaban J connectivity index is 1.23. The van der Waals surface area contributed by atoms with Crippen LogP contribution in [-0.4, -0.2) is 35.8 Å². The van der Waals surface area contributed by atoms with Crippen molar-refractivity contribution in [1.29, 1.82) is 0 Å². The van der Waals surface area contributed by atoms with E-state index >= 15 is 0 Å². The molecule has 3 N–H and O–H groups in total. The minimum atomic E-state index is -0.575. The molecule has 1 aliphatic heterocycles. The summed E-state index contributed by atoms with van der Waals surface area (Å²) in [6.07, 6.45) is 1.32. The molecule has 1 fully saturated rings. The second-order valence-electron chi connectivity index (χ2n) is 7.89. The Labute approximate surface area is 197 Å². The third-order valence-corrected chi connectivity index (χ3v) is 5.41. The van der Waals surface area contributed by atoms with Crippen molar-refractivity contribution in [3.05, 3.63) is 84.3 Å². The molecule has 4 rings (SSSR count). The Bertz CT molecular complexity index is 1120. The number of hydrogen-bond donors (Lipinski definition) is 3. The molecule has 4 amide bonds. The summed E-state index contributed by atoms with van der Waals surface area (Å²) in [5.74, 6) is -0.135. The molecule has 9 heteroatoms. The number of carbonyl (C=O) groups is 3. The molecule has 1 unspecified atom stereocenters. The molecule has 1 atom stereocenters. The fourth-order valence-corrected chi connectivity index (χ4v) is 3.63. The molecule has 176 valence electrons. The number of hydrazine groups is 1. The second-order valence-corrected chi connectivity index (χ2v) is 7.89. The van der Waals surface area contributed by atoms with E-state index in [-0.39, 0.29) is 30.9 Å². The lowest BCUT2D eigenvalue weighted by atomic mass is 9.98. The molecule has 0 spiro atoms. The molecule has 1 aromatic heterocycles. The number of amides is 4. The Morgan fingerprint density at radius 3 is 2.44 bits per heavy atom. The maximum Gasteiger partial charge on any atom is 0.321 e. The Kier molecular flexibility index (Phi) is 7.44. The van der Waals surface area contributed by atoms with Gasteiger partial charge in [-0.05, 0) is 49.2 Å². The van der Waals surface area contributed by atoms with Crippen molar-refractivity contribution < 1.29 is 23.5 Å². The van der Waals surface area contributed by atoms with Gasteiger partial charge in [-0.25, -0.2) is 4.79 Å². The van der Waals surface area contributed by atoms with E-state index in [1.54, 1.807) is 23.1 Å². The maximum absolute atomic E-state index is 12.6. The van der Waals surface area contributed by atoms with Gasteiger partial charge in [0.2, 0.25) is 5.91 Å². The van der Waals surface area contributed by atoms with Gasteiger partial charge in [0.1, 0.15) is 18.1 Å². The predicted molar refractivity (Wildman–Crippen MR) is 125 cm³/mol. The molecule has 1 saturated heterocycles. The van der Waals surface area contributed by atoms with Gasteiger partial charge in [-0.15, -0.1) is 0 Å². The number of benzene rings is 2. The van der Waals surface area contributed by atoms with Gasteiger partial charge in [-0.3, -0.25) is 20.4 Å². The average Bonchev–Trinajstić information content (AvgIpc) is 3.36. The number of rotatable bonds is 6. The van der Waals surface area contributed by atoms with E-state index in [1.807, 2.05) is 48.5 Å². The van der Waals surface area contributed by atoms with Crippen LogP contribution in [-0.2, 0) is 11.4 Å². The van der Waals surface area contributed by atoms with Crippen molar-refractivity contribution in [2.75, 3.05) is 18.4 Å². The van der Waals surface area contributed by atoms with E-state index in [0.29, 0.717) is 36.6 Å². The van der Waals surface area contributed by atoms with Crippen LogP contribution < -0.4 is 20.9 Å². The topological polar surface area (TPSA) is 113 Å². The average molecular weight is 463 g/mol. The Hall–Kier alpha value is -4.27. The highest BCUT2D eigenvalue weighted by atomic mass is 16.5. The van der Waals surface area contributed by atoms with Gasteiger partial charge in [-0.2, -0.15) is 0 Å². The molecule has 0 aliphatic carbocycles. The minimum absolute atomic E-state index is 0.0551. The van der Waals surface area contributed by atoms with Gasteiger partial charge in [0, 0.05) is 18.8 Å². The molecular formula is C25H26N4O5. The van der Waals surface area contributed by atoms with Crippen LogP contribution in [0.15, 0.2) is 77.2 Å². The highest BCUT2D eigenvalue weighted by molar-refractivity contribution is 5.93. The summed E-state index contributed by atoms with van der Waals surface area (Å²) in [6, 6.07) is 21.3. The third-order valence-electron chi connectivity index (χ3n) is 5.41. The van der Waals surface area contributed by atoms with Crippen LogP contribution in [0.25, 0.3) is 0 Å². The Morgan fingerprint density at radius 2 is 1.68 bits per heavy atom. The normalized spacial score (nSPS) is 15.3. The van der Waals surface area contributed by atoms with Crippen molar-refractivity contribution in [3.63, 3.8) is 0 Å². The van der Waals surface area contributed by atoms with Gasteiger partial charge in [-0.1, -0.05) is 36.4 Å². The molecule has 1 aliphatic rings. The second kappa shape index (κ2) is 11.0. The van der Waals surface area contributed by atoms with Crippen molar-refractivity contribution in [2.24, 2.45) is 5.92 Å². The number of para-hydroxylation sites is 2. The van der Waals surface area contributed by atoms with Crippen molar-refractivity contribution in [1.82, 2.24) is 15.8 Å². The zero-order chi connectivity index (χ0) is 23.8. The van der Waals surface area contributed by atoms with E-state index < -0.39 is 11.8 Å². The first kappa shape index (κ1) is 22.9. The van der Waals surface area contributed by atoms with Crippen LogP contribution in [0.4, 0.5) is 10.5 Å². The zero-order valence-corrected chi connectivity index (χ0v) is 18.5. The van der Waals surface area contributed by atoms with Gasteiger partial charge in [0.15, 0.2) is 5.76 Å². The van der Waals surface area contributed by atoms with Gasteiger partial charge in [0.05, 0.1) is 5.92 Å². The number of piperidine rings is 1. The number of likely N-dealkylation sites (tertiary alicyclic amines) is 1. The van der Waals surface area contributed by atoms with Crippen LogP contribution in [0.2, 0.25) is 0 Å². The molecule has 0 saturated carbocycles. The van der Waals surface area contributed by atoms with Gasteiger partial charge in [0.25, 0.3) is 0 Å². The zero-order valence-electron chi connectivity index (χ0n) is 18.5. The molecular weight excluding hydrogens is 436 g/mol. The van der Waals surface area contributed by atoms with Gasteiger partial charge < -0.3 is 19.4 Å². The first-order valence-corrected chi connectivity index (χ1v) is 11.1. The van der Waals surface area contributed by atoms with Crippen LogP contribution >= 0.6 is 0 Å². The number of urea groups is 1. The smallest absolute Gasteiger partial charge is 0.321 e. The lowest BCUT2D eigenvalue weighted by Crippen LogP contribution is -2.50.